The summed E-state index contributed by atoms with van der Waals surface area (Å²) in [6, 6.07) is 12.3. The molecule has 6 heteroatoms. The van der Waals surface area contributed by atoms with Crippen LogP contribution in [0.15, 0.2) is 41.4 Å². The first-order valence-corrected chi connectivity index (χ1v) is 14.3. The van der Waals surface area contributed by atoms with E-state index < -0.39 is 0 Å². The van der Waals surface area contributed by atoms with E-state index in [9.17, 15) is 4.79 Å². The number of ether oxygens (including phenoxy) is 1. The van der Waals surface area contributed by atoms with E-state index in [-0.39, 0.29) is 5.91 Å². The lowest BCUT2D eigenvalue weighted by Gasteiger charge is -2.22. The van der Waals surface area contributed by atoms with Crippen molar-refractivity contribution in [2.45, 2.75) is 66.2 Å². The summed E-state index contributed by atoms with van der Waals surface area (Å²) in [7, 11) is 1.69. The van der Waals surface area contributed by atoms with Crippen LogP contribution in [0, 0.1) is 13.8 Å². The molecule has 5 nitrogen and oxygen atoms in total. The van der Waals surface area contributed by atoms with Gasteiger partial charge in [0.05, 0.1) is 12.7 Å². The zero-order valence-electron chi connectivity index (χ0n) is 22.8. The molecule has 0 atom stereocenters. The van der Waals surface area contributed by atoms with Gasteiger partial charge in [-0.05, 0) is 94.3 Å². The molecule has 2 aromatic carbocycles. The van der Waals surface area contributed by atoms with E-state index in [2.05, 4.69) is 62.2 Å². The number of aryl methyl sites for hydroxylation is 3. The van der Waals surface area contributed by atoms with Crippen molar-refractivity contribution in [3.05, 3.63) is 69.1 Å². The van der Waals surface area contributed by atoms with Crippen molar-refractivity contribution in [2.75, 3.05) is 30.4 Å². The van der Waals surface area contributed by atoms with Crippen molar-refractivity contribution in [1.29, 1.82) is 0 Å². The number of carbonyl (C=O) groups is 1. The number of methoxy groups -OCH3 is 1. The monoisotopic (exact) mass is 517 g/mol. The molecule has 0 bridgehead atoms. The van der Waals surface area contributed by atoms with Gasteiger partial charge in [-0.2, -0.15) is 0 Å². The Bertz CT molecular complexity index is 1270. The van der Waals surface area contributed by atoms with Crippen LogP contribution in [0.4, 0.5) is 16.4 Å². The molecule has 3 aromatic rings. The molecule has 0 saturated heterocycles. The molecule has 37 heavy (non-hydrogen) atoms. The Labute approximate surface area is 225 Å². The Morgan fingerprint density at radius 2 is 1.78 bits per heavy atom. The Morgan fingerprint density at radius 3 is 2.49 bits per heavy atom. The third kappa shape index (κ3) is 6.24. The number of carbonyl (C=O) groups excluding carboxylic acids is 1. The Balaban J connectivity index is 1.70. The van der Waals surface area contributed by atoms with E-state index >= 15 is 0 Å². The first kappa shape index (κ1) is 26.9. The third-order valence-electron chi connectivity index (χ3n) is 7.31. The maximum Gasteiger partial charge on any atom is 0.259 e. The maximum atomic E-state index is 13.7. The molecule has 1 amide bonds. The number of hydrogen-bond acceptors (Lipinski definition) is 5. The summed E-state index contributed by atoms with van der Waals surface area (Å²) < 4.78 is 5.71. The van der Waals surface area contributed by atoms with E-state index in [4.69, 9.17) is 9.73 Å². The van der Waals surface area contributed by atoms with Gasteiger partial charge in [0.2, 0.25) is 0 Å². The molecule has 0 spiro atoms. The van der Waals surface area contributed by atoms with E-state index in [0.29, 0.717) is 0 Å². The molecule has 196 valence electrons. The summed E-state index contributed by atoms with van der Waals surface area (Å²) in [6.45, 7) is 10.3. The fraction of sp³-hybridized carbons (Fsp3) is 0.419. The van der Waals surface area contributed by atoms with Crippen molar-refractivity contribution >= 4 is 39.8 Å². The summed E-state index contributed by atoms with van der Waals surface area (Å²) >= 11 is 1.67. The number of aliphatic imine (C=N–C) groups is 1. The van der Waals surface area contributed by atoms with Crippen LogP contribution < -0.4 is 15.0 Å². The molecule has 0 radical (unpaired) electrons. The van der Waals surface area contributed by atoms with Gasteiger partial charge in [-0.25, -0.2) is 4.99 Å². The Kier molecular flexibility index (Phi) is 9.04. The predicted molar refractivity (Wildman–Crippen MR) is 158 cm³/mol. The molecule has 1 N–H and O–H groups in total. The molecular formula is C31H39N3O2S. The minimum absolute atomic E-state index is 0.0719. The van der Waals surface area contributed by atoms with Crippen LogP contribution in [0.1, 0.15) is 77.0 Å². The Hall–Kier alpha value is -3.12. The van der Waals surface area contributed by atoms with E-state index in [1.54, 1.807) is 18.4 Å². The first-order chi connectivity index (χ1) is 17.9. The van der Waals surface area contributed by atoms with Crippen LogP contribution in [-0.2, 0) is 12.8 Å². The third-order valence-corrected chi connectivity index (χ3v) is 8.51. The summed E-state index contributed by atoms with van der Waals surface area (Å²) in [5, 5.41) is 3.94. The average Bonchev–Trinajstić information content (AvgIpc) is 3.22. The SMILES string of the molecule is CCN(CC)c1ccc(C=Nc2sc3c(c2C(=O)Nc2ccc(C)c(C)c2)CCCCCC3)c(OC)c1. The molecule has 0 aliphatic heterocycles. The van der Waals surface area contributed by atoms with Gasteiger partial charge >= 0.3 is 0 Å². The highest BCUT2D eigenvalue weighted by Crippen LogP contribution is 2.39. The summed E-state index contributed by atoms with van der Waals surface area (Å²) in [6.07, 6.45) is 8.52. The van der Waals surface area contributed by atoms with Crippen LogP contribution in [0.25, 0.3) is 0 Å². The number of amides is 1. The van der Waals surface area contributed by atoms with Gasteiger partial charge in [0.25, 0.3) is 5.91 Å². The average molecular weight is 518 g/mol. The van der Waals surface area contributed by atoms with Gasteiger partial charge in [-0.3, -0.25) is 4.79 Å². The topological polar surface area (TPSA) is 53.9 Å². The van der Waals surface area contributed by atoms with Crippen molar-refractivity contribution in [3.63, 3.8) is 0 Å². The summed E-state index contributed by atoms with van der Waals surface area (Å²) in [5.41, 5.74) is 7.15. The van der Waals surface area contributed by atoms with Gasteiger partial charge in [-0.1, -0.05) is 18.9 Å². The number of fused-ring (bicyclic) bond motifs is 1. The van der Waals surface area contributed by atoms with E-state index in [1.165, 1.54) is 28.8 Å². The lowest BCUT2D eigenvalue weighted by molar-refractivity contribution is 0.102. The van der Waals surface area contributed by atoms with Crippen molar-refractivity contribution in [1.82, 2.24) is 0 Å². The fourth-order valence-electron chi connectivity index (χ4n) is 4.96. The lowest BCUT2D eigenvalue weighted by Crippen LogP contribution is -2.21. The van der Waals surface area contributed by atoms with Crippen molar-refractivity contribution in [2.24, 2.45) is 4.99 Å². The molecule has 1 aliphatic rings. The Morgan fingerprint density at radius 1 is 1.03 bits per heavy atom. The van der Waals surface area contributed by atoms with Gasteiger partial charge in [0.1, 0.15) is 10.8 Å². The molecule has 0 unspecified atom stereocenters. The molecule has 1 heterocycles. The predicted octanol–water partition coefficient (Wildman–Crippen LogP) is 7.88. The molecule has 1 aromatic heterocycles. The number of anilines is 2. The fourth-order valence-corrected chi connectivity index (χ4v) is 6.19. The summed E-state index contributed by atoms with van der Waals surface area (Å²) in [4.78, 5) is 22.2. The van der Waals surface area contributed by atoms with Crippen molar-refractivity contribution < 1.29 is 9.53 Å². The number of nitrogens with zero attached hydrogens (tertiary/aromatic N) is 2. The summed E-state index contributed by atoms with van der Waals surface area (Å²) in [5.74, 6) is 0.710. The molecule has 4 rings (SSSR count). The number of hydrogen-bond donors (Lipinski definition) is 1. The van der Waals surface area contributed by atoms with Crippen LogP contribution in [0.3, 0.4) is 0 Å². The number of nitrogens with one attached hydrogen (secondary N) is 1. The number of benzene rings is 2. The van der Waals surface area contributed by atoms with Crippen LogP contribution in [-0.4, -0.2) is 32.3 Å². The van der Waals surface area contributed by atoms with Gasteiger partial charge < -0.3 is 15.0 Å². The van der Waals surface area contributed by atoms with Crippen LogP contribution in [0.2, 0.25) is 0 Å². The van der Waals surface area contributed by atoms with E-state index in [0.717, 1.165) is 77.6 Å². The van der Waals surface area contributed by atoms with Gasteiger partial charge in [0, 0.05) is 47.2 Å². The van der Waals surface area contributed by atoms with Crippen LogP contribution in [0.5, 0.6) is 5.75 Å². The highest BCUT2D eigenvalue weighted by Gasteiger charge is 2.24. The molecule has 1 aliphatic carbocycles. The minimum atomic E-state index is -0.0719. The second kappa shape index (κ2) is 12.4. The smallest absolute Gasteiger partial charge is 0.259 e. The highest BCUT2D eigenvalue weighted by atomic mass is 32.1. The normalized spacial score (nSPS) is 13.6. The zero-order valence-corrected chi connectivity index (χ0v) is 23.6. The second-order valence-electron chi connectivity index (χ2n) is 9.71. The molecule has 0 saturated carbocycles. The standard InChI is InChI=1S/C31H39N3O2S/c1-6-34(7-2)25-17-15-23(27(19-25)36-5)20-32-31-29(26-12-10-8-9-11-13-28(26)37-31)30(35)33-24-16-14-21(3)22(4)18-24/h14-20H,6-13H2,1-5H3,(H,33,35). The largest absolute Gasteiger partial charge is 0.496 e. The first-order valence-electron chi connectivity index (χ1n) is 13.4. The van der Waals surface area contributed by atoms with Crippen LogP contribution >= 0.6 is 11.3 Å². The molecular weight excluding hydrogens is 478 g/mol. The van der Waals surface area contributed by atoms with Gasteiger partial charge in [0.15, 0.2) is 0 Å². The van der Waals surface area contributed by atoms with Crippen molar-refractivity contribution in [3.8, 4) is 5.75 Å². The quantitative estimate of drug-likeness (QED) is 0.309. The highest BCUT2D eigenvalue weighted by molar-refractivity contribution is 7.16. The second-order valence-corrected chi connectivity index (χ2v) is 10.8. The maximum absolute atomic E-state index is 13.7. The van der Waals surface area contributed by atoms with E-state index in [1.807, 2.05) is 18.3 Å². The van der Waals surface area contributed by atoms with Gasteiger partial charge in [-0.15, -0.1) is 11.3 Å². The minimum Gasteiger partial charge on any atom is -0.496 e. The zero-order chi connectivity index (χ0) is 26.4. The lowest BCUT2D eigenvalue weighted by atomic mass is 9.96. The molecule has 0 fully saturated rings. The number of thiophene rings is 1. The number of rotatable bonds is 8.